The van der Waals surface area contributed by atoms with Crippen LogP contribution in [0.3, 0.4) is 0 Å². The van der Waals surface area contributed by atoms with Crippen molar-refractivity contribution in [3.8, 4) is 0 Å². The molecule has 1 aromatic heterocycles. The van der Waals surface area contributed by atoms with Gasteiger partial charge in [0.05, 0.1) is 5.52 Å². The van der Waals surface area contributed by atoms with E-state index in [0.717, 1.165) is 28.9 Å². The fraction of sp³-hybridized carbons (Fsp3) is 0.200. The lowest BCUT2D eigenvalue weighted by atomic mass is 10.1. The summed E-state index contributed by atoms with van der Waals surface area (Å²) in [5.74, 6) is -1.36. The van der Waals surface area contributed by atoms with Gasteiger partial charge in [-0.2, -0.15) is 0 Å². The summed E-state index contributed by atoms with van der Waals surface area (Å²) in [4.78, 5) is 20.9. The number of para-hydroxylation sites is 1. The molecule has 0 unspecified atom stereocenters. The Labute approximate surface area is 149 Å². The molecule has 1 aliphatic rings. The molecule has 0 atom stereocenters. The van der Waals surface area contributed by atoms with E-state index in [4.69, 9.17) is 0 Å². The van der Waals surface area contributed by atoms with Crippen LogP contribution in [-0.2, 0) is 0 Å². The zero-order chi connectivity index (χ0) is 18.1. The largest absolute Gasteiger partial charge is 0.353 e. The number of fused-ring (bicyclic) bond motifs is 1. The maximum atomic E-state index is 13.4. The van der Waals surface area contributed by atoms with E-state index in [1.165, 1.54) is 6.07 Å². The summed E-state index contributed by atoms with van der Waals surface area (Å²) in [7, 11) is 0. The highest BCUT2D eigenvalue weighted by Crippen LogP contribution is 2.20. The van der Waals surface area contributed by atoms with Crippen LogP contribution < -0.4 is 4.90 Å². The molecule has 132 valence electrons. The molecule has 4 nitrogen and oxygen atoms in total. The molecule has 0 aliphatic carbocycles. The maximum absolute atomic E-state index is 13.4. The molecule has 26 heavy (non-hydrogen) atoms. The number of halogens is 2. The van der Waals surface area contributed by atoms with E-state index >= 15 is 0 Å². The van der Waals surface area contributed by atoms with Gasteiger partial charge in [-0.1, -0.05) is 18.2 Å². The Morgan fingerprint density at radius 3 is 2.42 bits per heavy atom. The molecule has 0 spiro atoms. The van der Waals surface area contributed by atoms with Gasteiger partial charge in [0.2, 0.25) is 0 Å². The molecule has 2 aromatic carbocycles. The summed E-state index contributed by atoms with van der Waals surface area (Å²) in [6.07, 6.45) is 0. The highest BCUT2D eigenvalue weighted by molar-refractivity contribution is 5.94. The van der Waals surface area contributed by atoms with Gasteiger partial charge in [-0.25, -0.2) is 13.8 Å². The SMILES string of the molecule is O=C(c1ccc(F)c(F)c1)N1CCN(c2ccc3ccccc3n2)CC1. The second-order valence-electron chi connectivity index (χ2n) is 6.27. The number of piperazine rings is 1. The summed E-state index contributed by atoms with van der Waals surface area (Å²) in [6, 6.07) is 15.2. The Bertz CT molecular complexity index is 968. The van der Waals surface area contributed by atoms with Crippen molar-refractivity contribution in [3.63, 3.8) is 0 Å². The van der Waals surface area contributed by atoms with Crippen molar-refractivity contribution < 1.29 is 13.6 Å². The van der Waals surface area contributed by atoms with E-state index in [0.29, 0.717) is 26.2 Å². The molecule has 0 N–H and O–H groups in total. The number of benzene rings is 2. The van der Waals surface area contributed by atoms with E-state index in [1.54, 1.807) is 4.90 Å². The van der Waals surface area contributed by atoms with Gasteiger partial charge in [0.1, 0.15) is 5.82 Å². The van der Waals surface area contributed by atoms with Crippen LogP contribution in [0.25, 0.3) is 10.9 Å². The Morgan fingerprint density at radius 1 is 0.885 bits per heavy atom. The second-order valence-corrected chi connectivity index (χ2v) is 6.27. The average Bonchev–Trinajstić information content (AvgIpc) is 2.69. The van der Waals surface area contributed by atoms with Gasteiger partial charge >= 0.3 is 0 Å². The summed E-state index contributed by atoms with van der Waals surface area (Å²) >= 11 is 0. The van der Waals surface area contributed by atoms with Crippen LogP contribution in [0.5, 0.6) is 0 Å². The summed E-state index contributed by atoms with van der Waals surface area (Å²) in [5.41, 5.74) is 1.10. The Balaban J connectivity index is 1.46. The summed E-state index contributed by atoms with van der Waals surface area (Å²) < 4.78 is 26.4. The smallest absolute Gasteiger partial charge is 0.254 e. The van der Waals surface area contributed by atoms with Gasteiger partial charge in [-0.15, -0.1) is 0 Å². The summed E-state index contributed by atoms with van der Waals surface area (Å²) in [5, 5.41) is 1.09. The molecule has 6 heteroatoms. The Kier molecular flexibility index (Phi) is 4.24. The molecular weight excluding hydrogens is 336 g/mol. The van der Waals surface area contributed by atoms with Crippen molar-refractivity contribution in [3.05, 3.63) is 71.8 Å². The lowest BCUT2D eigenvalue weighted by molar-refractivity contribution is 0.0746. The van der Waals surface area contributed by atoms with Crippen molar-refractivity contribution in [2.75, 3.05) is 31.1 Å². The lowest BCUT2D eigenvalue weighted by Crippen LogP contribution is -2.49. The van der Waals surface area contributed by atoms with Gasteiger partial charge < -0.3 is 9.80 Å². The predicted octanol–water partition coefficient (Wildman–Crippen LogP) is 3.48. The van der Waals surface area contributed by atoms with Crippen LogP contribution in [0.15, 0.2) is 54.6 Å². The van der Waals surface area contributed by atoms with Crippen molar-refractivity contribution in [2.24, 2.45) is 0 Å². The third-order valence-corrected chi connectivity index (χ3v) is 4.64. The van der Waals surface area contributed by atoms with Crippen LogP contribution in [0.1, 0.15) is 10.4 Å². The van der Waals surface area contributed by atoms with Gasteiger partial charge in [-0.3, -0.25) is 4.79 Å². The minimum absolute atomic E-state index is 0.168. The van der Waals surface area contributed by atoms with Crippen LogP contribution in [-0.4, -0.2) is 42.0 Å². The van der Waals surface area contributed by atoms with Crippen LogP contribution in [0, 0.1) is 11.6 Å². The third kappa shape index (κ3) is 3.10. The van der Waals surface area contributed by atoms with Crippen molar-refractivity contribution in [1.82, 2.24) is 9.88 Å². The number of rotatable bonds is 2. The van der Waals surface area contributed by atoms with Crippen LogP contribution in [0.2, 0.25) is 0 Å². The first-order valence-corrected chi connectivity index (χ1v) is 8.47. The number of carbonyl (C=O) groups excluding carboxylic acids is 1. The lowest BCUT2D eigenvalue weighted by Gasteiger charge is -2.35. The number of carbonyl (C=O) groups is 1. The van der Waals surface area contributed by atoms with Crippen molar-refractivity contribution in [2.45, 2.75) is 0 Å². The molecule has 0 radical (unpaired) electrons. The molecule has 1 aliphatic heterocycles. The molecule has 1 amide bonds. The molecule has 1 fully saturated rings. The van der Waals surface area contributed by atoms with E-state index in [-0.39, 0.29) is 11.5 Å². The number of hydrogen-bond acceptors (Lipinski definition) is 3. The number of nitrogens with zero attached hydrogens (tertiary/aromatic N) is 3. The first-order chi connectivity index (χ1) is 12.6. The molecule has 3 aromatic rings. The van der Waals surface area contributed by atoms with Crippen molar-refractivity contribution in [1.29, 1.82) is 0 Å². The monoisotopic (exact) mass is 353 g/mol. The summed E-state index contributed by atoms with van der Waals surface area (Å²) in [6.45, 7) is 2.29. The Hall–Kier alpha value is -3.02. The average molecular weight is 353 g/mol. The fourth-order valence-electron chi connectivity index (χ4n) is 3.18. The van der Waals surface area contributed by atoms with Crippen LogP contribution in [0.4, 0.5) is 14.6 Å². The number of pyridine rings is 1. The molecule has 1 saturated heterocycles. The Morgan fingerprint density at radius 2 is 1.65 bits per heavy atom. The van der Waals surface area contributed by atoms with Crippen LogP contribution >= 0.6 is 0 Å². The number of hydrogen-bond donors (Lipinski definition) is 0. The number of anilines is 1. The van der Waals surface area contributed by atoms with Gasteiger partial charge in [0.25, 0.3) is 5.91 Å². The second kappa shape index (κ2) is 6.71. The standard InChI is InChI=1S/C20H17F2N3O/c21-16-7-5-15(13-17(16)22)20(26)25-11-9-24(10-12-25)19-8-6-14-3-1-2-4-18(14)23-19/h1-8,13H,9-12H2. The zero-order valence-electron chi connectivity index (χ0n) is 14.0. The van der Waals surface area contributed by atoms with E-state index in [2.05, 4.69) is 9.88 Å². The van der Waals surface area contributed by atoms with E-state index in [9.17, 15) is 13.6 Å². The first kappa shape index (κ1) is 16.4. The molecule has 0 bridgehead atoms. The maximum Gasteiger partial charge on any atom is 0.254 e. The molecular formula is C20H17F2N3O. The predicted molar refractivity (Wildman–Crippen MR) is 96.2 cm³/mol. The highest BCUT2D eigenvalue weighted by Gasteiger charge is 2.23. The zero-order valence-corrected chi connectivity index (χ0v) is 14.0. The van der Waals surface area contributed by atoms with Gasteiger partial charge in [0.15, 0.2) is 11.6 Å². The minimum atomic E-state index is -1.00. The van der Waals surface area contributed by atoms with Crippen molar-refractivity contribution >= 4 is 22.6 Å². The highest BCUT2D eigenvalue weighted by atomic mass is 19.2. The van der Waals surface area contributed by atoms with E-state index in [1.807, 2.05) is 36.4 Å². The quantitative estimate of drug-likeness (QED) is 0.708. The number of aromatic nitrogens is 1. The molecule has 2 heterocycles. The van der Waals surface area contributed by atoms with E-state index < -0.39 is 11.6 Å². The minimum Gasteiger partial charge on any atom is -0.353 e. The third-order valence-electron chi connectivity index (χ3n) is 4.64. The topological polar surface area (TPSA) is 36.4 Å². The molecule has 4 rings (SSSR count). The molecule has 0 saturated carbocycles. The number of amides is 1. The fourth-order valence-corrected chi connectivity index (χ4v) is 3.18. The van der Waals surface area contributed by atoms with Gasteiger partial charge in [-0.05, 0) is 36.4 Å². The first-order valence-electron chi connectivity index (χ1n) is 8.47. The van der Waals surface area contributed by atoms with Gasteiger partial charge in [0, 0.05) is 37.1 Å². The normalized spacial score (nSPS) is 14.7.